The normalized spacial score (nSPS) is 26.5. The third kappa shape index (κ3) is 3.46. The first kappa shape index (κ1) is 23.4. The summed E-state index contributed by atoms with van der Waals surface area (Å²) in [5.41, 5.74) is -2.52. The highest BCUT2D eigenvalue weighted by Gasteiger charge is 2.69. The van der Waals surface area contributed by atoms with E-state index in [0.29, 0.717) is 4.90 Å². The number of halogens is 3. The number of imide groups is 1. The summed E-state index contributed by atoms with van der Waals surface area (Å²) in [4.78, 5) is 50.3. The van der Waals surface area contributed by atoms with E-state index in [2.05, 4.69) is 5.32 Å². The number of aliphatic carboxylic acids is 1. The zero-order valence-corrected chi connectivity index (χ0v) is 18.6. The van der Waals surface area contributed by atoms with Gasteiger partial charge in [0, 0.05) is 23.2 Å². The Hall–Kier alpha value is -2.76. The van der Waals surface area contributed by atoms with Crippen LogP contribution in [0, 0.1) is 22.0 Å². The Morgan fingerprint density at radius 1 is 1.18 bits per heavy atom. The average molecular weight is 515 g/mol. The molecular weight excluding hydrogens is 501 g/mol. The summed E-state index contributed by atoms with van der Waals surface area (Å²) in [7, 11) is 0. The number of hydrogen-bond acceptors (Lipinski definition) is 7. The molecule has 0 spiro atoms. The maximum atomic E-state index is 13.5. The Balaban J connectivity index is 1.90. The lowest BCUT2D eigenvalue weighted by atomic mass is 9.79. The van der Waals surface area contributed by atoms with Crippen LogP contribution in [0.4, 0.5) is 11.4 Å². The summed E-state index contributed by atoms with van der Waals surface area (Å²) in [5.74, 6) is -6.15. The number of aliphatic hydroxyl groups excluding tert-OH is 1. The van der Waals surface area contributed by atoms with Crippen LogP contribution < -0.4 is 10.2 Å². The lowest BCUT2D eigenvalue weighted by Crippen LogP contribution is -2.58. The fourth-order valence-corrected chi connectivity index (χ4v) is 5.22. The fourth-order valence-electron chi connectivity index (χ4n) is 4.48. The highest BCUT2D eigenvalue weighted by Crippen LogP contribution is 2.51. The van der Waals surface area contributed by atoms with Crippen LogP contribution in [0.25, 0.3) is 0 Å². The second-order valence-corrected chi connectivity index (χ2v) is 8.86. The number of aliphatic hydroxyl groups is 1. The summed E-state index contributed by atoms with van der Waals surface area (Å²) in [6, 6.07) is 6.41. The molecule has 2 heterocycles. The Kier molecular flexibility index (Phi) is 5.83. The summed E-state index contributed by atoms with van der Waals surface area (Å²) in [5, 5.41) is 34.1. The number of benzene rings is 2. The van der Waals surface area contributed by atoms with Crippen molar-refractivity contribution >= 4 is 64.0 Å². The van der Waals surface area contributed by atoms with Gasteiger partial charge in [-0.15, -0.1) is 0 Å². The van der Waals surface area contributed by atoms with E-state index in [1.54, 1.807) is 0 Å². The molecule has 172 valence electrons. The highest BCUT2D eigenvalue weighted by molar-refractivity contribution is 6.43. The number of rotatable bonds is 5. The second kappa shape index (κ2) is 8.23. The van der Waals surface area contributed by atoms with E-state index in [1.807, 2.05) is 0 Å². The van der Waals surface area contributed by atoms with Gasteiger partial charge in [-0.3, -0.25) is 29.8 Å². The van der Waals surface area contributed by atoms with Gasteiger partial charge in [-0.05, 0) is 23.8 Å². The summed E-state index contributed by atoms with van der Waals surface area (Å²) in [6.45, 7) is -1.02. The van der Waals surface area contributed by atoms with Crippen LogP contribution in [0.15, 0.2) is 36.4 Å². The van der Waals surface area contributed by atoms with E-state index in [9.17, 15) is 34.7 Å². The molecule has 2 aromatic rings. The topological polar surface area (TPSA) is 150 Å². The first-order chi connectivity index (χ1) is 15.5. The van der Waals surface area contributed by atoms with Gasteiger partial charge < -0.3 is 10.2 Å². The Bertz CT molecular complexity index is 1220. The van der Waals surface area contributed by atoms with Crippen molar-refractivity contribution in [2.75, 3.05) is 11.5 Å². The predicted octanol–water partition coefficient (Wildman–Crippen LogP) is 2.82. The largest absolute Gasteiger partial charge is 0.480 e. The van der Waals surface area contributed by atoms with E-state index < -0.39 is 52.7 Å². The number of carbonyl (C=O) groups excluding carboxylic acids is 2. The lowest BCUT2D eigenvalue weighted by Gasteiger charge is -2.29. The number of anilines is 1. The minimum absolute atomic E-state index is 0.00880. The molecule has 4 atom stereocenters. The molecule has 0 radical (unpaired) electrons. The van der Waals surface area contributed by atoms with E-state index in [0.717, 1.165) is 6.07 Å². The molecule has 4 unspecified atom stereocenters. The molecule has 2 aliphatic rings. The smallest absolute Gasteiger partial charge is 0.327 e. The van der Waals surface area contributed by atoms with Crippen LogP contribution in [-0.2, 0) is 14.4 Å². The summed E-state index contributed by atoms with van der Waals surface area (Å²) < 4.78 is 0. The Morgan fingerprint density at radius 3 is 2.48 bits per heavy atom. The van der Waals surface area contributed by atoms with Gasteiger partial charge in [0.05, 0.1) is 39.1 Å². The molecule has 13 heteroatoms. The number of fused-ring (bicyclic) bond motifs is 1. The molecule has 0 aliphatic carbocycles. The molecule has 10 nitrogen and oxygen atoms in total. The average Bonchev–Trinajstić information content (AvgIpc) is 3.25. The molecule has 0 aromatic heterocycles. The Morgan fingerprint density at radius 2 is 1.88 bits per heavy atom. The predicted molar refractivity (Wildman–Crippen MR) is 117 cm³/mol. The van der Waals surface area contributed by atoms with Crippen LogP contribution in [0.5, 0.6) is 0 Å². The molecular formula is C20H14Cl3N3O7. The monoisotopic (exact) mass is 513 g/mol. The number of hydrogen-bond donors (Lipinski definition) is 3. The second-order valence-electron chi connectivity index (χ2n) is 7.64. The van der Waals surface area contributed by atoms with Crippen LogP contribution >= 0.6 is 34.8 Å². The van der Waals surface area contributed by atoms with E-state index in [-0.39, 0.29) is 32.0 Å². The standard InChI is InChI=1S/C20H14Cl3N3O7/c21-8-4-11(15(23)12(22)5-8)16-13-14(20(7-27,24-16)19(30)31)18(29)25(17(13)28)9-2-1-3-10(6-9)26(32)33/h1-6,13-14,16,24,27H,7H2,(H,30,31). The summed E-state index contributed by atoms with van der Waals surface area (Å²) in [6.07, 6.45) is 0. The molecule has 2 aliphatic heterocycles. The highest BCUT2D eigenvalue weighted by atomic mass is 35.5. The maximum absolute atomic E-state index is 13.5. The van der Waals surface area contributed by atoms with Crippen LogP contribution in [-0.4, -0.2) is 45.1 Å². The van der Waals surface area contributed by atoms with Gasteiger partial charge in [-0.1, -0.05) is 40.9 Å². The number of nitro groups is 1. The van der Waals surface area contributed by atoms with Crippen molar-refractivity contribution < 1.29 is 29.5 Å². The molecule has 2 saturated heterocycles. The Labute approximate surface area is 200 Å². The van der Waals surface area contributed by atoms with Gasteiger partial charge in [0.25, 0.3) is 5.69 Å². The number of carboxylic acids is 1. The zero-order valence-electron chi connectivity index (χ0n) is 16.4. The quantitative estimate of drug-likeness (QED) is 0.239. The number of carbonyl (C=O) groups is 3. The fraction of sp³-hybridized carbons (Fsp3) is 0.250. The van der Waals surface area contributed by atoms with Crippen LogP contribution in [0.1, 0.15) is 11.6 Å². The first-order valence-electron chi connectivity index (χ1n) is 9.42. The number of nitrogens with zero attached hydrogens (tertiary/aromatic N) is 2. The van der Waals surface area contributed by atoms with Gasteiger partial charge in [0.2, 0.25) is 11.8 Å². The maximum Gasteiger partial charge on any atom is 0.327 e. The van der Waals surface area contributed by atoms with Crippen molar-refractivity contribution in [3.05, 3.63) is 67.1 Å². The van der Waals surface area contributed by atoms with Crippen LogP contribution in [0.3, 0.4) is 0 Å². The van der Waals surface area contributed by atoms with E-state index in [4.69, 9.17) is 34.8 Å². The van der Waals surface area contributed by atoms with Crippen molar-refractivity contribution in [1.29, 1.82) is 0 Å². The summed E-state index contributed by atoms with van der Waals surface area (Å²) >= 11 is 18.5. The number of nitro benzene ring substituents is 1. The number of amides is 2. The molecule has 0 saturated carbocycles. The van der Waals surface area contributed by atoms with E-state index in [1.165, 1.54) is 30.3 Å². The minimum atomic E-state index is -2.23. The van der Waals surface area contributed by atoms with E-state index >= 15 is 0 Å². The van der Waals surface area contributed by atoms with Crippen molar-refractivity contribution in [2.24, 2.45) is 11.8 Å². The molecule has 0 bridgehead atoms. The van der Waals surface area contributed by atoms with Gasteiger partial charge in [-0.2, -0.15) is 0 Å². The van der Waals surface area contributed by atoms with Crippen LogP contribution in [0.2, 0.25) is 15.1 Å². The van der Waals surface area contributed by atoms with Gasteiger partial charge in [0.1, 0.15) is 0 Å². The molecule has 2 fully saturated rings. The van der Waals surface area contributed by atoms with Crippen molar-refractivity contribution in [1.82, 2.24) is 5.32 Å². The third-order valence-electron chi connectivity index (χ3n) is 5.94. The molecule has 3 N–H and O–H groups in total. The zero-order chi connectivity index (χ0) is 24.2. The first-order valence-corrected chi connectivity index (χ1v) is 10.6. The number of carboxylic acid groups (broad SMARTS) is 1. The molecule has 33 heavy (non-hydrogen) atoms. The van der Waals surface area contributed by atoms with Crippen molar-refractivity contribution in [3.8, 4) is 0 Å². The number of non-ortho nitro benzene ring substituents is 1. The van der Waals surface area contributed by atoms with Crippen molar-refractivity contribution in [3.63, 3.8) is 0 Å². The van der Waals surface area contributed by atoms with Gasteiger partial charge >= 0.3 is 5.97 Å². The third-order valence-corrected chi connectivity index (χ3v) is 6.98. The number of nitrogens with one attached hydrogen (secondary N) is 1. The van der Waals surface area contributed by atoms with Crippen molar-refractivity contribution in [2.45, 2.75) is 11.6 Å². The van der Waals surface area contributed by atoms with Gasteiger partial charge in [0.15, 0.2) is 5.54 Å². The SMILES string of the molecule is O=C1C2C(c3cc(Cl)cc(Cl)c3Cl)NC(CO)(C(=O)O)C2C(=O)N1c1cccc([N+](=O)[O-])c1. The minimum Gasteiger partial charge on any atom is -0.480 e. The van der Waals surface area contributed by atoms with Gasteiger partial charge in [-0.25, -0.2) is 4.90 Å². The molecule has 4 rings (SSSR count). The molecule has 2 amide bonds. The molecule has 2 aromatic carbocycles. The lowest BCUT2D eigenvalue weighted by molar-refractivity contribution is -0.384.